The first-order valence-corrected chi connectivity index (χ1v) is 8.98. The first-order valence-electron chi connectivity index (χ1n) is 7.50. The minimum atomic E-state index is -3.70. The fraction of sp³-hybridized carbons (Fsp3) is 0.167. The van der Waals surface area contributed by atoms with Crippen LogP contribution in [0.15, 0.2) is 52.2 Å². The summed E-state index contributed by atoms with van der Waals surface area (Å²) in [7, 11) is -3.70. The standard InChI is InChI=1S/C18H18N2O3S/c1-11-4-5-12(2)17(8-11)24(22,23)20-15-7-6-14-9-13(3)18(21)19-16(14)10-15/h4-10,20H,1-3H3,(H,19,21). The third-order valence-corrected chi connectivity index (χ3v) is 5.44. The van der Waals surface area contributed by atoms with E-state index in [2.05, 4.69) is 9.71 Å². The molecule has 6 heteroatoms. The lowest BCUT2D eigenvalue weighted by molar-refractivity contribution is 0.600. The Morgan fingerprint density at radius 1 is 0.917 bits per heavy atom. The van der Waals surface area contributed by atoms with Gasteiger partial charge in [0.1, 0.15) is 0 Å². The van der Waals surface area contributed by atoms with Crippen molar-refractivity contribution in [2.75, 3.05) is 4.72 Å². The molecule has 0 aliphatic carbocycles. The lowest BCUT2D eigenvalue weighted by atomic mass is 10.1. The molecule has 1 aromatic heterocycles. The smallest absolute Gasteiger partial charge is 0.262 e. The molecule has 0 amide bonds. The number of hydrogen-bond donors (Lipinski definition) is 2. The SMILES string of the molecule is Cc1ccc(C)c(S(=O)(=O)Nc2ccc3cc(C)c(=O)[nH]c3c2)c1. The summed E-state index contributed by atoms with van der Waals surface area (Å²) in [6, 6.07) is 12.2. The van der Waals surface area contributed by atoms with Crippen LogP contribution in [0, 0.1) is 20.8 Å². The van der Waals surface area contributed by atoms with Crippen LogP contribution in [0.2, 0.25) is 0 Å². The van der Waals surface area contributed by atoms with Gasteiger partial charge in [0.05, 0.1) is 16.1 Å². The minimum absolute atomic E-state index is 0.183. The average molecular weight is 342 g/mol. The van der Waals surface area contributed by atoms with Crippen molar-refractivity contribution < 1.29 is 8.42 Å². The van der Waals surface area contributed by atoms with Crippen molar-refractivity contribution in [3.63, 3.8) is 0 Å². The van der Waals surface area contributed by atoms with Gasteiger partial charge in [-0.2, -0.15) is 0 Å². The molecule has 1 heterocycles. The highest BCUT2D eigenvalue weighted by Crippen LogP contribution is 2.23. The van der Waals surface area contributed by atoms with Crippen LogP contribution in [0.5, 0.6) is 0 Å². The van der Waals surface area contributed by atoms with Crippen LogP contribution < -0.4 is 10.3 Å². The summed E-state index contributed by atoms with van der Waals surface area (Å²) in [6.45, 7) is 5.34. The Balaban J connectivity index is 2.04. The number of aryl methyl sites for hydroxylation is 3. The molecule has 0 unspecified atom stereocenters. The molecule has 0 saturated carbocycles. The van der Waals surface area contributed by atoms with Crippen LogP contribution in [-0.4, -0.2) is 13.4 Å². The Morgan fingerprint density at radius 2 is 1.67 bits per heavy atom. The summed E-state index contributed by atoms with van der Waals surface area (Å²) in [5.41, 5.74) is 2.98. The predicted molar refractivity (Wildman–Crippen MR) is 96.0 cm³/mol. The second kappa shape index (κ2) is 5.79. The maximum absolute atomic E-state index is 12.6. The van der Waals surface area contributed by atoms with Crippen LogP contribution >= 0.6 is 0 Å². The molecule has 0 aliphatic rings. The van der Waals surface area contributed by atoms with Crippen molar-refractivity contribution in [3.8, 4) is 0 Å². The molecule has 124 valence electrons. The van der Waals surface area contributed by atoms with E-state index in [0.29, 0.717) is 22.3 Å². The van der Waals surface area contributed by atoms with Crippen molar-refractivity contribution in [2.45, 2.75) is 25.7 Å². The monoisotopic (exact) mass is 342 g/mol. The number of aromatic amines is 1. The Hall–Kier alpha value is -2.60. The van der Waals surface area contributed by atoms with E-state index >= 15 is 0 Å². The fourth-order valence-corrected chi connectivity index (χ4v) is 3.96. The first-order chi connectivity index (χ1) is 11.3. The third kappa shape index (κ3) is 3.05. The van der Waals surface area contributed by atoms with Gasteiger partial charge in [-0.3, -0.25) is 9.52 Å². The van der Waals surface area contributed by atoms with E-state index in [0.717, 1.165) is 10.9 Å². The van der Waals surface area contributed by atoms with Crippen molar-refractivity contribution in [2.24, 2.45) is 0 Å². The molecule has 5 nitrogen and oxygen atoms in total. The van der Waals surface area contributed by atoms with Gasteiger partial charge in [-0.1, -0.05) is 18.2 Å². The Bertz CT molecular complexity index is 1100. The molecule has 0 atom stereocenters. The third-order valence-electron chi connectivity index (χ3n) is 3.92. The topological polar surface area (TPSA) is 79.0 Å². The van der Waals surface area contributed by atoms with Crippen LogP contribution in [0.4, 0.5) is 5.69 Å². The average Bonchev–Trinajstić information content (AvgIpc) is 2.50. The van der Waals surface area contributed by atoms with E-state index in [-0.39, 0.29) is 10.5 Å². The van der Waals surface area contributed by atoms with E-state index < -0.39 is 10.0 Å². The molecule has 0 bridgehead atoms. The number of benzene rings is 2. The summed E-state index contributed by atoms with van der Waals surface area (Å²) in [5, 5.41) is 0.849. The Morgan fingerprint density at radius 3 is 2.42 bits per heavy atom. The van der Waals surface area contributed by atoms with Gasteiger partial charge in [-0.15, -0.1) is 0 Å². The van der Waals surface area contributed by atoms with Crippen molar-refractivity contribution >= 4 is 26.6 Å². The molecule has 3 aromatic rings. The van der Waals surface area contributed by atoms with E-state index in [9.17, 15) is 13.2 Å². The summed E-state index contributed by atoms with van der Waals surface area (Å²) >= 11 is 0. The summed E-state index contributed by atoms with van der Waals surface area (Å²) in [5.74, 6) is 0. The van der Waals surface area contributed by atoms with Gasteiger partial charge < -0.3 is 4.98 Å². The van der Waals surface area contributed by atoms with E-state index in [1.165, 1.54) is 0 Å². The largest absolute Gasteiger partial charge is 0.322 e. The van der Waals surface area contributed by atoms with E-state index in [1.807, 2.05) is 13.0 Å². The summed E-state index contributed by atoms with van der Waals surface area (Å²) < 4.78 is 27.9. The Kier molecular flexibility index (Phi) is 3.93. The van der Waals surface area contributed by atoms with Gasteiger partial charge >= 0.3 is 0 Å². The minimum Gasteiger partial charge on any atom is -0.322 e. The molecule has 0 aliphatic heterocycles. The number of H-pyrrole nitrogens is 1. The molecule has 0 spiro atoms. The highest BCUT2D eigenvalue weighted by molar-refractivity contribution is 7.92. The predicted octanol–water partition coefficient (Wildman–Crippen LogP) is 3.25. The number of anilines is 1. The molecule has 0 saturated heterocycles. The highest BCUT2D eigenvalue weighted by atomic mass is 32.2. The van der Waals surface area contributed by atoms with Crippen LogP contribution in [0.25, 0.3) is 10.9 Å². The van der Waals surface area contributed by atoms with Gasteiger partial charge in [-0.05, 0) is 61.5 Å². The van der Waals surface area contributed by atoms with Gasteiger partial charge in [0.15, 0.2) is 0 Å². The summed E-state index contributed by atoms with van der Waals surface area (Å²) in [6.07, 6.45) is 0. The zero-order valence-electron chi connectivity index (χ0n) is 13.7. The lowest BCUT2D eigenvalue weighted by Crippen LogP contribution is -2.15. The van der Waals surface area contributed by atoms with Crippen LogP contribution in [0.3, 0.4) is 0 Å². The maximum atomic E-state index is 12.6. The highest BCUT2D eigenvalue weighted by Gasteiger charge is 2.17. The second-order valence-corrected chi connectivity index (χ2v) is 7.61. The number of nitrogens with one attached hydrogen (secondary N) is 2. The zero-order chi connectivity index (χ0) is 17.5. The van der Waals surface area contributed by atoms with Crippen LogP contribution in [-0.2, 0) is 10.0 Å². The normalized spacial score (nSPS) is 11.6. The number of fused-ring (bicyclic) bond motifs is 1. The molecule has 2 aromatic carbocycles. The number of aromatic nitrogens is 1. The first kappa shape index (κ1) is 16.3. The van der Waals surface area contributed by atoms with Gasteiger partial charge in [0.25, 0.3) is 15.6 Å². The van der Waals surface area contributed by atoms with Crippen molar-refractivity contribution in [1.29, 1.82) is 0 Å². The van der Waals surface area contributed by atoms with Gasteiger partial charge in [-0.25, -0.2) is 8.42 Å². The molecule has 3 rings (SSSR count). The molecular formula is C18H18N2O3S. The van der Waals surface area contributed by atoms with Crippen LogP contribution in [0.1, 0.15) is 16.7 Å². The number of sulfonamides is 1. The van der Waals surface area contributed by atoms with E-state index in [1.54, 1.807) is 50.2 Å². The number of rotatable bonds is 3. The van der Waals surface area contributed by atoms with Crippen molar-refractivity contribution in [3.05, 3.63) is 69.5 Å². The lowest BCUT2D eigenvalue weighted by Gasteiger charge is -2.12. The second-order valence-electron chi connectivity index (χ2n) is 5.96. The zero-order valence-corrected chi connectivity index (χ0v) is 14.5. The van der Waals surface area contributed by atoms with Crippen molar-refractivity contribution in [1.82, 2.24) is 4.98 Å². The molecular weight excluding hydrogens is 324 g/mol. The van der Waals surface area contributed by atoms with Gasteiger partial charge in [0.2, 0.25) is 0 Å². The van der Waals surface area contributed by atoms with Gasteiger partial charge in [0, 0.05) is 5.56 Å². The summed E-state index contributed by atoms with van der Waals surface area (Å²) in [4.78, 5) is 14.7. The van der Waals surface area contributed by atoms with E-state index in [4.69, 9.17) is 0 Å². The number of hydrogen-bond acceptors (Lipinski definition) is 3. The fourth-order valence-electron chi connectivity index (χ4n) is 2.58. The maximum Gasteiger partial charge on any atom is 0.262 e. The Labute approximate surface area is 140 Å². The molecule has 0 fully saturated rings. The quantitative estimate of drug-likeness (QED) is 0.767. The molecule has 24 heavy (non-hydrogen) atoms. The number of pyridine rings is 1. The molecule has 2 N–H and O–H groups in total. The molecule has 0 radical (unpaired) electrons.